The van der Waals surface area contributed by atoms with Crippen LogP contribution in [-0.4, -0.2) is 33.0 Å². The Hall–Kier alpha value is -0.290. The van der Waals surface area contributed by atoms with Gasteiger partial charge in [-0.15, -0.1) is 0 Å². The average molecular weight is 185 g/mol. The zero-order chi connectivity index (χ0) is 9.45. The topological polar surface area (TPSA) is 21.3 Å². The molecule has 1 N–H and O–H groups in total. The first-order valence-electron chi connectivity index (χ1n) is 3.85. The molecule has 0 atom stereocenters. The molecular formula is C7H14F3NO. The van der Waals surface area contributed by atoms with E-state index in [-0.39, 0.29) is 6.61 Å². The highest BCUT2D eigenvalue weighted by atomic mass is 19.4. The summed E-state index contributed by atoms with van der Waals surface area (Å²) in [6, 6.07) is 0. The van der Waals surface area contributed by atoms with Crippen LogP contribution in [0.25, 0.3) is 0 Å². The lowest BCUT2D eigenvalue weighted by Gasteiger charge is -2.06. The number of nitrogens with one attached hydrogen (secondary N) is 1. The number of ether oxygens (including phenoxy) is 1. The molecule has 0 amide bonds. The Morgan fingerprint density at radius 2 is 1.92 bits per heavy atom. The van der Waals surface area contributed by atoms with Crippen molar-refractivity contribution in [2.24, 2.45) is 0 Å². The number of hydrogen-bond donors (Lipinski definition) is 1. The van der Waals surface area contributed by atoms with Gasteiger partial charge in [0.05, 0.1) is 0 Å². The Labute approximate surface area is 70.1 Å². The second-order valence-corrected chi connectivity index (χ2v) is 2.48. The van der Waals surface area contributed by atoms with Crippen molar-refractivity contribution in [3.63, 3.8) is 0 Å². The Balaban J connectivity index is 3.01. The summed E-state index contributed by atoms with van der Waals surface area (Å²) < 4.78 is 38.9. The van der Waals surface area contributed by atoms with Crippen LogP contribution < -0.4 is 5.32 Å². The van der Waals surface area contributed by atoms with Gasteiger partial charge >= 0.3 is 6.18 Å². The van der Waals surface area contributed by atoms with Gasteiger partial charge in [0.2, 0.25) is 0 Å². The lowest BCUT2D eigenvalue weighted by atomic mass is 10.3. The molecule has 5 heteroatoms. The maximum atomic E-state index is 11.5. The molecule has 0 rings (SSSR count). The summed E-state index contributed by atoms with van der Waals surface area (Å²) in [5.41, 5.74) is 0. The lowest BCUT2D eigenvalue weighted by molar-refractivity contribution is -0.174. The van der Waals surface area contributed by atoms with Gasteiger partial charge < -0.3 is 10.1 Å². The minimum Gasteiger partial charge on any atom is -0.372 e. The molecule has 0 radical (unpaired) electrons. The summed E-state index contributed by atoms with van der Waals surface area (Å²) in [6.07, 6.45) is -2.69. The molecule has 74 valence electrons. The first-order chi connectivity index (χ1) is 5.56. The molecule has 0 bridgehead atoms. The molecule has 0 aliphatic heterocycles. The zero-order valence-corrected chi connectivity index (χ0v) is 7.08. The van der Waals surface area contributed by atoms with Gasteiger partial charge in [0.25, 0.3) is 0 Å². The fourth-order valence-corrected chi connectivity index (χ4v) is 0.694. The van der Waals surface area contributed by atoms with Gasteiger partial charge in [0.1, 0.15) is 6.61 Å². The van der Waals surface area contributed by atoms with Gasteiger partial charge in [-0.3, -0.25) is 0 Å². The van der Waals surface area contributed by atoms with Crippen LogP contribution in [0.2, 0.25) is 0 Å². The molecule has 0 heterocycles. The first kappa shape index (κ1) is 11.7. The van der Waals surface area contributed by atoms with Gasteiger partial charge in [-0.1, -0.05) is 0 Å². The SMILES string of the molecule is CNCCCCOCC(F)(F)F. The molecule has 0 saturated heterocycles. The molecule has 0 aromatic carbocycles. The van der Waals surface area contributed by atoms with E-state index in [1.165, 1.54) is 0 Å². The van der Waals surface area contributed by atoms with Crippen molar-refractivity contribution in [3.8, 4) is 0 Å². The number of halogens is 3. The first-order valence-corrected chi connectivity index (χ1v) is 3.85. The Kier molecular flexibility index (Phi) is 6.10. The van der Waals surface area contributed by atoms with E-state index in [0.717, 1.165) is 13.0 Å². The number of unbranched alkanes of at least 4 members (excludes halogenated alkanes) is 1. The average Bonchev–Trinajstić information content (AvgIpc) is 1.94. The van der Waals surface area contributed by atoms with Crippen molar-refractivity contribution in [3.05, 3.63) is 0 Å². The molecule has 0 saturated carbocycles. The van der Waals surface area contributed by atoms with E-state index < -0.39 is 12.8 Å². The maximum Gasteiger partial charge on any atom is 0.411 e. The van der Waals surface area contributed by atoms with Crippen LogP contribution in [0.1, 0.15) is 12.8 Å². The van der Waals surface area contributed by atoms with E-state index in [4.69, 9.17) is 0 Å². The molecule has 0 aliphatic rings. The summed E-state index contributed by atoms with van der Waals surface area (Å²) in [6.45, 7) is -0.136. The molecule has 0 fully saturated rings. The Morgan fingerprint density at radius 3 is 2.42 bits per heavy atom. The molecule has 0 aromatic rings. The second kappa shape index (κ2) is 6.25. The smallest absolute Gasteiger partial charge is 0.372 e. The quantitative estimate of drug-likeness (QED) is 0.634. The van der Waals surface area contributed by atoms with Gasteiger partial charge in [-0.25, -0.2) is 0 Å². The summed E-state index contributed by atoms with van der Waals surface area (Å²) in [4.78, 5) is 0. The summed E-state index contributed by atoms with van der Waals surface area (Å²) >= 11 is 0. The monoisotopic (exact) mass is 185 g/mol. The largest absolute Gasteiger partial charge is 0.411 e. The highest BCUT2D eigenvalue weighted by Gasteiger charge is 2.26. The van der Waals surface area contributed by atoms with Crippen LogP contribution in [0, 0.1) is 0 Å². The fourth-order valence-electron chi connectivity index (χ4n) is 0.694. The molecule has 0 aromatic heterocycles. The van der Waals surface area contributed by atoms with Crippen LogP contribution in [0.15, 0.2) is 0 Å². The van der Waals surface area contributed by atoms with E-state index >= 15 is 0 Å². The highest BCUT2D eigenvalue weighted by Crippen LogP contribution is 2.14. The molecule has 12 heavy (non-hydrogen) atoms. The van der Waals surface area contributed by atoms with E-state index in [9.17, 15) is 13.2 Å². The predicted octanol–water partition coefficient (Wildman–Crippen LogP) is 1.56. The zero-order valence-electron chi connectivity index (χ0n) is 7.08. The molecule has 0 unspecified atom stereocenters. The third-order valence-electron chi connectivity index (χ3n) is 1.23. The van der Waals surface area contributed by atoms with E-state index in [0.29, 0.717) is 6.42 Å². The maximum absolute atomic E-state index is 11.5. The number of alkyl halides is 3. The van der Waals surface area contributed by atoms with Gasteiger partial charge in [0, 0.05) is 6.61 Å². The Bertz CT molecular complexity index is 105. The van der Waals surface area contributed by atoms with E-state index in [2.05, 4.69) is 10.1 Å². The number of rotatable bonds is 6. The van der Waals surface area contributed by atoms with Crippen LogP contribution in [0.3, 0.4) is 0 Å². The van der Waals surface area contributed by atoms with Crippen LogP contribution in [0.4, 0.5) is 13.2 Å². The van der Waals surface area contributed by atoms with Gasteiger partial charge in [0.15, 0.2) is 0 Å². The summed E-state index contributed by atoms with van der Waals surface area (Å²) in [5.74, 6) is 0. The normalized spacial score (nSPS) is 12.0. The highest BCUT2D eigenvalue weighted by molar-refractivity contribution is 4.47. The predicted molar refractivity (Wildman–Crippen MR) is 40.0 cm³/mol. The standard InChI is InChI=1S/C7H14F3NO/c1-11-4-2-3-5-12-6-7(8,9)10/h11H,2-6H2,1H3. The minimum atomic E-state index is -4.19. The van der Waals surface area contributed by atoms with Crippen molar-refractivity contribution in [1.82, 2.24) is 5.32 Å². The van der Waals surface area contributed by atoms with Crippen molar-refractivity contribution in [1.29, 1.82) is 0 Å². The second-order valence-electron chi connectivity index (χ2n) is 2.48. The molecule has 0 aliphatic carbocycles. The minimum absolute atomic E-state index is 0.182. The van der Waals surface area contributed by atoms with Crippen molar-refractivity contribution in [2.75, 3.05) is 26.8 Å². The van der Waals surface area contributed by atoms with E-state index in [1.807, 2.05) is 0 Å². The van der Waals surface area contributed by atoms with Gasteiger partial charge in [-0.2, -0.15) is 13.2 Å². The third kappa shape index (κ3) is 9.71. The molecular weight excluding hydrogens is 171 g/mol. The number of hydrogen-bond acceptors (Lipinski definition) is 2. The summed E-state index contributed by atoms with van der Waals surface area (Å²) in [5, 5.41) is 2.90. The molecule has 0 spiro atoms. The van der Waals surface area contributed by atoms with Crippen LogP contribution >= 0.6 is 0 Å². The summed E-state index contributed by atoms with van der Waals surface area (Å²) in [7, 11) is 1.80. The Morgan fingerprint density at radius 1 is 1.25 bits per heavy atom. The lowest BCUT2D eigenvalue weighted by Crippen LogP contribution is -2.17. The van der Waals surface area contributed by atoms with Crippen molar-refractivity contribution in [2.45, 2.75) is 19.0 Å². The fraction of sp³-hybridized carbons (Fsp3) is 1.00. The van der Waals surface area contributed by atoms with Crippen LogP contribution in [-0.2, 0) is 4.74 Å². The van der Waals surface area contributed by atoms with E-state index in [1.54, 1.807) is 7.05 Å². The molecule has 2 nitrogen and oxygen atoms in total. The van der Waals surface area contributed by atoms with Crippen molar-refractivity contribution < 1.29 is 17.9 Å². The van der Waals surface area contributed by atoms with Crippen LogP contribution in [0.5, 0.6) is 0 Å². The third-order valence-corrected chi connectivity index (χ3v) is 1.23. The van der Waals surface area contributed by atoms with Gasteiger partial charge in [-0.05, 0) is 26.4 Å². The van der Waals surface area contributed by atoms with Crippen molar-refractivity contribution >= 4 is 0 Å².